The minimum absolute atomic E-state index is 0.240. The van der Waals surface area contributed by atoms with Gasteiger partial charge < -0.3 is 10.4 Å². The van der Waals surface area contributed by atoms with Crippen molar-refractivity contribution in [1.29, 1.82) is 0 Å². The summed E-state index contributed by atoms with van der Waals surface area (Å²) in [7, 11) is 1.62. The lowest BCUT2D eigenvalue weighted by atomic mass is 10.1. The first-order chi connectivity index (χ1) is 16.6. The molecule has 0 radical (unpaired) electrons. The van der Waals surface area contributed by atoms with Gasteiger partial charge in [-0.1, -0.05) is 77.6 Å². The molecule has 2 heterocycles. The van der Waals surface area contributed by atoms with Crippen molar-refractivity contribution in [3.8, 4) is 0 Å². The van der Waals surface area contributed by atoms with Crippen molar-refractivity contribution in [2.45, 2.75) is 109 Å². The van der Waals surface area contributed by atoms with E-state index in [1.54, 1.807) is 7.05 Å². The summed E-state index contributed by atoms with van der Waals surface area (Å²) in [5.41, 5.74) is -0.124. The van der Waals surface area contributed by atoms with Gasteiger partial charge in [-0.05, 0) is 25.8 Å². The topological polar surface area (TPSA) is 102 Å². The molecule has 8 nitrogen and oxygen atoms in total. The van der Waals surface area contributed by atoms with Crippen LogP contribution in [0.2, 0.25) is 0 Å². The molecule has 0 amide bonds. The number of hydrogen-bond acceptors (Lipinski definition) is 6. The van der Waals surface area contributed by atoms with Gasteiger partial charge in [0, 0.05) is 32.5 Å². The van der Waals surface area contributed by atoms with E-state index in [0.29, 0.717) is 18.7 Å². The smallest absolute Gasteiger partial charge is 0.332 e. The van der Waals surface area contributed by atoms with Gasteiger partial charge in [-0.25, -0.2) is 14.8 Å². The van der Waals surface area contributed by atoms with Gasteiger partial charge in [0.05, 0.1) is 6.10 Å². The molecular weight excluding hydrogens is 430 g/mol. The molecule has 0 aromatic carbocycles. The third-order valence-electron chi connectivity index (χ3n) is 6.47. The maximum absolute atomic E-state index is 12.6. The highest BCUT2D eigenvalue weighted by molar-refractivity contribution is 5.67. The van der Waals surface area contributed by atoms with Crippen LogP contribution in [0.5, 0.6) is 0 Å². The predicted molar refractivity (Wildman–Crippen MR) is 138 cm³/mol. The normalized spacial score (nSPS) is 12.4. The molecule has 192 valence electrons. The molecule has 1 atom stereocenters. The van der Waals surface area contributed by atoms with E-state index in [1.807, 2.05) is 0 Å². The van der Waals surface area contributed by atoms with E-state index in [-0.39, 0.29) is 22.9 Å². The van der Waals surface area contributed by atoms with E-state index in [1.165, 1.54) is 60.1 Å². The third-order valence-corrected chi connectivity index (χ3v) is 6.47. The van der Waals surface area contributed by atoms with Crippen LogP contribution in [-0.4, -0.2) is 43.4 Å². The van der Waals surface area contributed by atoms with Crippen LogP contribution < -0.4 is 16.6 Å². The molecule has 0 spiro atoms. The fourth-order valence-corrected chi connectivity index (χ4v) is 4.35. The second-order valence-corrected chi connectivity index (χ2v) is 9.42. The molecule has 0 bridgehead atoms. The Morgan fingerprint density at radius 3 is 2.24 bits per heavy atom. The van der Waals surface area contributed by atoms with E-state index in [4.69, 9.17) is 0 Å². The number of nitrogens with zero attached hydrogens (tertiary/aromatic N) is 4. The Balaban J connectivity index is 1.49. The monoisotopic (exact) mass is 475 g/mol. The summed E-state index contributed by atoms with van der Waals surface area (Å²) in [5.74, 6) is 0. The molecule has 34 heavy (non-hydrogen) atoms. The molecule has 0 aliphatic heterocycles. The number of aliphatic hydroxyl groups excluding tert-OH is 1. The van der Waals surface area contributed by atoms with Crippen LogP contribution in [0, 0.1) is 0 Å². The van der Waals surface area contributed by atoms with Gasteiger partial charge in [0.2, 0.25) is 0 Å². The number of unbranched alkanes of at least 4 members (excludes halogenated alkanes) is 11. The minimum atomic E-state index is -0.355. The predicted octanol–water partition coefficient (Wildman–Crippen LogP) is 3.92. The van der Waals surface area contributed by atoms with Gasteiger partial charge in [-0.3, -0.25) is 13.9 Å². The Labute approximate surface area is 203 Å². The summed E-state index contributed by atoms with van der Waals surface area (Å²) < 4.78 is 2.67. The van der Waals surface area contributed by atoms with Gasteiger partial charge in [0.25, 0.3) is 5.56 Å². The molecular formula is C26H45N5O3. The zero-order valence-electron chi connectivity index (χ0n) is 21.3. The van der Waals surface area contributed by atoms with Crippen molar-refractivity contribution in [2.75, 3.05) is 13.1 Å². The van der Waals surface area contributed by atoms with Crippen LogP contribution in [0.3, 0.4) is 0 Å². The van der Waals surface area contributed by atoms with Gasteiger partial charge in [0.15, 0.2) is 11.2 Å². The van der Waals surface area contributed by atoms with Crippen LogP contribution in [-0.2, 0) is 13.6 Å². The average Bonchev–Trinajstić information content (AvgIpc) is 2.85. The van der Waals surface area contributed by atoms with Crippen LogP contribution in [0.4, 0.5) is 0 Å². The molecule has 1 unspecified atom stereocenters. The lowest BCUT2D eigenvalue weighted by Crippen LogP contribution is -2.39. The number of aryl methyl sites for hydroxylation is 1. The van der Waals surface area contributed by atoms with E-state index in [2.05, 4.69) is 22.2 Å². The van der Waals surface area contributed by atoms with Gasteiger partial charge >= 0.3 is 5.69 Å². The summed E-state index contributed by atoms with van der Waals surface area (Å²) >= 11 is 0. The van der Waals surface area contributed by atoms with Crippen LogP contribution >= 0.6 is 0 Å². The summed E-state index contributed by atoms with van der Waals surface area (Å²) in [6.45, 7) is 4.36. The largest absolute Gasteiger partial charge is 0.392 e. The highest BCUT2D eigenvalue weighted by Crippen LogP contribution is 2.10. The Kier molecular flexibility index (Phi) is 13.7. The van der Waals surface area contributed by atoms with Crippen molar-refractivity contribution >= 4 is 11.2 Å². The second-order valence-electron chi connectivity index (χ2n) is 9.42. The lowest BCUT2D eigenvalue weighted by Gasteiger charge is -2.12. The zero-order valence-corrected chi connectivity index (χ0v) is 21.3. The molecule has 2 aromatic heterocycles. The molecule has 2 rings (SSSR count). The summed E-state index contributed by atoms with van der Waals surface area (Å²) in [6, 6.07) is 0. The van der Waals surface area contributed by atoms with Crippen molar-refractivity contribution < 1.29 is 5.11 Å². The number of hydrogen-bond donors (Lipinski definition) is 2. The van der Waals surface area contributed by atoms with Gasteiger partial charge in [-0.15, -0.1) is 0 Å². The number of rotatable bonds is 19. The quantitative estimate of drug-likeness (QED) is 0.299. The second kappa shape index (κ2) is 16.5. The number of aromatic nitrogens is 4. The van der Waals surface area contributed by atoms with Gasteiger partial charge in [-0.2, -0.15) is 0 Å². The molecule has 0 aliphatic carbocycles. The van der Waals surface area contributed by atoms with Gasteiger partial charge in [0.1, 0.15) is 0 Å². The van der Waals surface area contributed by atoms with E-state index in [0.717, 1.165) is 57.9 Å². The van der Waals surface area contributed by atoms with Crippen LogP contribution in [0.25, 0.3) is 11.2 Å². The SMILES string of the molecule is CCCCCCCCNCC(O)CCCCCCCCCn1c(=O)c2nccnc2n(C)c1=O. The molecule has 0 saturated carbocycles. The van der Waals surface area contributed by atoms with Crippen molar-refractivity contribution in [1.82, 2.24) is 24.4 Å². The molecule has 2 aromatic rings. The van der Waals surface area contributed by atoms with Crippen molar-refractivity contribution in [2.24, 2.45) is 7.05 Å². The van der Waals surface area contributed by atoms with Crippen LogP contribution in [0.1, 0.15) is 96.8 Å². The molecule has 8 heteroatoms. The molecule has 0 fully saturated rings. The third kappa shape index (κ3) is 9.66. The first-order valence-corrected chi connectivity index (χ1v) is 13.4. The van der Waals surface area contributed by atoms with E-state index >= 15 is 0 Å². The minimum Gasteiger partial charge on any atom is -0.392 e. The summed E-state index contributed by atoms with van der Waals surface area (Å²) in [4.78, 5) is 33.2. The Morgan fingerprint density at radius 2 is 1.50 bits per heavy atom. The number of nitrogens with one attached hydrogen (secondary N) is 1. The lowest BCUT2D eigenvalue weighted by molar-refractivity contribution is 0.158. The highest BCUT2D eigenvalue weighted by Gasteiger charge is 2.12. The van der Waals surface area contributed by atoms with E-state index in [9.17, 15) is 14.7 Å². The van der Waals surface area contributed by atoms with Crippen molar-refractivity contribution in [3.05, 3.63) is 33.2 Å². The first kappa shape index (κ1) is 28.2. The fourth-order valence-electron chi connectivity index (χ4n) is 4.35. The fraction of sp³-hybridized carbons (Fsp3) is 0.769. The molecule has 0 saturated heterocycles. The zero-order chi connectivity index (χ0) is 24.6. The Morgan fingerprint density at radius 1 is 0.882 bits per heavy atom. The standard InChI is InChI=1S/C26H45N5O3/c1-3-4-5-6-11-14-17-27-21-22(32)16-13-10-8-7-9-12-15-20-31-25(33)23-24(29-19-18-28-23)30(2)26(31)34/h18-19,22,27,32H,3-17,20-21H2,1-2H3. The summed E-state index contributed by atoms with van der Waals surface area (Å²) in [6.07, 6.45) is 18.7. The van der Waals surface area contributed by atoms with Crippen LogP contribution in [0.15, 0.2) is 22.0 Å². The Hall–Kier alpha value is -2.06. The molecule has 2 N–H and O–H groups in total. The highest BCUT2D eigenvalue weighted by atomic mass is 16.3. The number of aliphatic hydroxyl groups is 1. The average molecular weight is 476 g/mol. The van der Waals surface area contributed by atoms with E-state index < -0.39 is 0 Å². The summed E-state index contributed by atoms with van der Waals surface area (Å²) in [5, 5.41) is 13.5. The first-order valence-electron chi connectivity index (χ1n) is 13.4. The molecule has 0 aliphatic rings. The maximum Gasteiger partial charge on any atom is 0.332 e. The number of fused-ring (bicyclic) bond motifs is 1. The Bertz CT molecular complexity index is 940. The maximum atomic E-state index is 12.6. The van der Waals surface area contributed by atoms with Crippen molar-refractivity contribution in [3.63, 3.8) is 0 Å².